The molecular weight excluding hydrogens is 154 g/mol. The van der Waals surface area contributed by atoms with Gasteiger partial charge in [0.25, 0.3) is 0 Å². The molecule has 0 saturated carbocycles. The van der Waals surface area contributed by atoms with Crippen molar-refractivity contribution in [3.63, 3.8) is 0 Å². The molecule has 0 fully saturated rings. The van der Waals surface area contributed by atoms with Gasteiger partial charge in [0.15, 0.2) is 5.05 Å². The number of nitrogens with two attached hydrogens (primary N) is 1. The molecule has 4 heteroatoms. The maximum atomic E-state index is 8.64. The van der Waals surface area contributed by atoms with E-state index in [1.165, 1.54) is 0 Å². The minimum atomic E-state index is -0.329. The van der Waals surface area contributed by atoms with Crippen molar-refractivity contribution >= 4 is 29.0 Å². The maximum absolute atomic E-state index is 8.64. The number of hydrogen-bond acceptors (Lipinski definition) is 3. The smallest absolute Gasteiger partial charge is 0.174 e. The number of rotatable bonds is 4. The molecule has 0 radical (unpaired) electrons. The Bertz CT molecular complexity index is 97.0. The van der Waals surface area contributed by atoms with Crippen LogP contribution >= 0.6 is 24.0 Å². The van der Waals surface area contributed by atoms with Crippen LogP contribution in [0.3, 0.4) is 0 Å². The van der Waals surface area contributed by atoms with Crippen molar-refractivity contribution in [2.24, 2.45) is 5.73 Å². The van der Waals surface area contributed by atoms with E-state index in [1.54, 1.807) is 11.8 Å². The van der Waals surface area contributed by atoms with Gasteiger partial charge in [-0.1, -0.05) is 6.92 Å². The summed E-state index contributed by atoms with van der Waals surface area (Å²) in [6, 6.07) is -0.329. The molecule has 0 amide bonds. The summed E-state index contributed by atoms with van der Waals surface area (Å²) in [7, 11) is 0. The Morgan fingerprint density at radius 2 is 2.44 bits per heavy atom. The van der Waals surface area contributed by atoms with Gasteiger partial charge >= 0.3 is 0 Å². The Morgan fingerprint density at radius 3 is 2.78 bits per heavy atom. The van der Waals surface area contributed by atoms with Crippen molar-refractivity contribution in [2.75, 3.05) is 11.5 Å². The third-order valence-electron chi connectivity index (χ3n) is 0.819. The van der Waals surface area contributed by atoms with Gasteiger partial charge in [0, 0.05) is 5.75 Å². The molecule has 0 aliphatic carbocycles. The van der Waals surface area contributed by atoms with Crippen LogP contribution in [-0.4, -0.2) is 27.7 Å². The van der Waals surface area contributed by atoms with Gasteiger partial charge in [-0.2, -0.15) is 11.8 Å². The number of thioether (sulfide) groups is 1. The minimum absolute atomic E-state index is 0.0871. The first-order valence-corrected chi connectivity index (χ1v) is 4.31. The zero-order valence-electron chi connectivity index (χ0n) is 5.33. The average Bonchev–Trinajstić information content (AvgIpc) is 1.82. The molecule has 0 spiro atoms. The van der Waals surface area contributed by atoms with E-state index in [0.717, 1.165) is 5.75 Å². The van der Waals surface area contributed by atoms with Crippen molar-refractivity contribution in [2.45, 2.75) is 13.0 Å². The Morgan fingerprint density at radius 1 is 1.89 bits per heavy atom. The first kappa shape index (κ1) is 9.20. The van der Waals surface area contributed by atoms with E-state index in [0.29, 0.717) is 5.75 Å². The van der Waals surface area contributed by atoms with E-state index >= 15 is 0 Å². The summed E-state index contributed by atoms with van der Waals surface area (Å²) in [6.45, 7) is 2.04. The van der Waals surface area contributed by atoms with Crippen LogP contribution in [0.2, 0.25) is 0 Å². The Hall–Kier alpha value is 0.200. The quantitative estimate of drug-likeness (QED) is 0.609. The number of aliphatic hydroxyl groups is 1. The Balaban J connectivity index is 3.27. The topological polar surface area (TPSA) is 46.2 Å². The van der Waals surface area contributed by atoms with E-state index in [9.17, 15) is 0 Å². The highest BCUT2D eigenvalue weighted by Crippen LogP contribution is 2.00. The van der Waals surface area contributed by atoms with Crippen molar-refractivity contribution in [1.82, 2.24) is 0 Å². The van der Waals surface area contributed by atoms with E-state index < -0.39 is 0 Å². The van der Waals surface area contributed by atoms with Crippen molar-refractivity contribution in [3.05, 3.63) is 0 Å². The predicted octanol–water partition coefficient (Wildman–Crippen LogP) is 0.952. The Kier molecular flexibility index (Phi) is 5.13. The zero-order valence-corrected chi connectivity index (χ0v) is 6.97. The summed E-state index contributed by atoms with van der Waals surface area (Å²) >= 11 is 6.12. The zero-order chi connectivity index (χ0) is 7.28. The lowest BCUT2D eigenvalue weighted by atomic mass is 10.4. The summed E-state index contributed by atoms with van der Waals surface area (Å²) in [5, 5.41) is 8.55. The lowest BCUT2D eigenvalue weighted by Crippen LogP contribution is -2.31. The van der Waals surface area contributed by atoms with Gasteiger partial charge in [-0.3, -0.25) is 0 Å². The summed E-state index contributed by atoms with van der Waals surface area (Å²) in [4.78, 5) is 0. The summed E-state index contributed by atoms with van der Waals surface area (Å²) in [5.41, 5.74) is 5.39. The molecule has 54 valence electrons. The van der Waals surface area contributed by atoms with E-state index in [1.807, 2.05) is 6.92 Å². The van der Waals surface area contributed by atoms with E-state index in [2.05, 4.69) is 12.2 Å². The molecule has 1 atom stereocenters. The lowest BCUT2D eigenvalue weighted by Gasteiger charge is -2.05. The van der Waals surface area contributed by atoms with Crippen LogP contribution in [0.1, 0.15) is 6.92 Å². The average molecular weight is 165 g/mol. The maximum Gasteiger partial charge on any atom is 0.174 e. The first-order chi connectivity index (χ1) is 4.18. The molecule has 0 saturated heterocycles. The number of thiocarbonyl (C=S) groups is 1. The SMILES string of the molecule is CCSC[C@H](N)C(O)=S. The van der Waals surface area contributed by atoms with Gasteiger partial charge in [-0.15, -0.1) is 0 Å². The predicted molar refractivity (Wildman–Crippen MR) is 46.2 cm³/mol. The molecule has 0 aliphatic rings. The normalized spacial score (nSPS) is 13.1. The second-order valence-electron chi connectivity index (χ2n) is 1.60. The summed E-state index contributed by atoms with van der Waals surface area (Å²) in [5.74, 6) is 1.72. The molecule has 0 aromatic rings. The standard InChI is InChI=1S/C5H11NOS2/c1-2-9-3-4(6)5(7)8/h4H,2-3,6H2,1H3,(H,7,8)/t4-/m0/s1. The van der Waals surface area contributed by atoms with Crippen molar-refractivity contribution in [1.29, 1.82) is 0 Å². The van der Waals surface area contributed by atoms with Crippen LogP contribution in [0.15, 0.2) is 0 Å². The monoisotopic (exact) mass is 165 g/mol. The van der Waals surface area contributed by atoms with E-state index in [-0.39, 0.29) is 11.1 Å². The van der Waals surface area contributed by atoms with Crippen LogP contribution in [0.4, 0.5) is 0 Å². The second kappa shape index (κ2) is 5.02. The molecule has 0 unspecified atom stereocenters. The molecular formula is C5H11NOS2. The van der Waals surface area contributed by atoms with Gasteiger partial charge < -0.3 is 10.8 Å². The highest BCUT2D eigenvalue weighted by molar-refractivity contribution is 7.99. The van der Waals surface area contributed by atoms with Crippen molar-refractivity contribution in [3.8, 4) is 0 Å². The fourth-order valence-corrected chi connectivity index (χ4v) is 1.15. The third kappa shape index (κ3) is 4.69. The fourth-order valence-electron chi connectivity index (χ4n) is 0.316. The third-order valence-corrected chi connectivity index (χ3v) is 2.12. The fraction of sp³-hybridized carbons (Fsp3) is 0.800. The van der Waals surface area contributed by atoms with Crippen LogP contribution in [-0.2, 0) is 0 Å². The molecule has 9 heavy (non-hydrogen) atoms. The van der Waals surface area contributed by atoms with E-state index in [4.69, 9.17) is 10.8 Å². The molecule has 0 rings (SSSR count). The van der Waals surface area contributed by atoms with Gasteiger partial charge in [-0.25, -0.2) is 0 Å². The minimum Gasteiger partial charge on any atom is -0.501 e. The lowest BCUT2D eigenvalue weighted by molar-refractivity contribution is 0.539. The largest absolute Gasteiger partial charge is 0.501 e. The number of hydrogen-bond donors (Lipinski definition) is 2. The molecule has 0 aromatic heterocycles. The molecule has 0 bridgehead atoms. The highest BCUT2D eigenvalue weighted by atomic mass is 32.2. The van der Waals surface area contributed by atoms with Gasteiger partial charge in [-0.05, 0) is 18.0 Å². The first-order valence-electron chi connectivity index (χ1n) is 2.74. The van der Waals surface area contributed by atoms with Crippen LogP contribution in [0.25, 0.3) is 0 Å². The van der Waals surface area contributed by atoms with Crippen LogP contribution < -0.4 is 5.73 Å². The van der Waals surface area contributed by atoms with Crippen molar-refractivity contribution < 1.29 is 5.11 Å². The molecule has 0 aromatic carbocycles. The van der Waals surface area contributed by atoms with Crippen LogP contribution in [0, 0.1) is 0 Å². The van der Waals surface area contributed by atoms with Gasteiger partial charge in [0.2, 0.25) is 0 Å². The van der Waals surface area contributed by atoms with Crippen LogP contribution in [0.5, 0.6) is 0 Å². The summed E-state index contributed by atoms with van der Waals surface area (Å²) in [6.07, 6.45) is 0. The highest BCUT2D eigenvalue weighted by Gasteiger charge is 2.04. The second-order valence-corrected chi connectivity index (χ2v) is 3.34. The van der Waals surface area contributed by atoms with Gasteiger partial charge in [0.05, 0.1) is 6.04 Å². The van der Waals surface area contributed by atoms with Gasteiger partial charge in [0.1, 0.15) is 0 Å². The Labute approximate surface area is 64.8 Å². The molecule has 0 heterocycles. The molecule has 2 nitrogen and oxygen atoms in total. The molecule has 3 N–H and O–H groups in total. The summed E-state index contributed by atoms with van der Waals surface area (Å²) < 4.78 is 0. The molecule has 0 aliphatic heterocycles. The number of aliphatic hydroxyl groups excluding tert-OH is 1.